The Morgan fingerprint density at radius 1 is 1.43 bits per heavy atom. The van der Waals surface area contributed by atoms with E-state index in [0.29, 0.717) is 31.9 Å². The predicted molar refractivity (Wildman–Crippen MR) is 82.9 cm³/mol. The van der Waals surface area contributed by atoms with Crippen molar-refractivity contribution < 1.29 is 9.90 Å². The molecule has 120 valence electrons. The topological polar surface area (TPSA) is 87.6 Å². The summed E-state index contributed by atoms with van der Waals surface area (Å²) in [5, 5.41) is 14.5. The van der Waals surface area contributed by atoms with Crippen LogP contribution in [0.3, 0.4) is 0 Å². The number of nitrogens with zero attached hydrogens (tertiary/aromatic N) is 4. The number of aromatic nitrogens is 2. The van der Waals surface area contributed by atoms with Gasteiger partial charge in [-0.05, 0) is 20.4 Å². The lowest BCUT2D eigenvalue weighted by molar-refractivity contribution is -0.130. The van der Waals surface area contributed by atoms with Gasteiger partial charge >= 0.3 is 0 Å². The van der Waals surface area contributed by atoms with Crippen LogP contribution in [0.1, 0.15) is 18.3 Å². The van der Waals surface area contributed by atoms with Crippen molar-refractivity contribution in [3.05, 3.63) is 11.4 Å². The van der Waals surface area contributed by atoms with Crippen molar-refractivity contribution in [1.29, 1.82) is 0 Å². The minimum atomic E-state index is -0.600. The standard InChI is InChI=1S/C14H27N5O2/c1-6-18(9-13(21)17(4)5)7-12(20)8-19-11(3)14(15)10(2)16-19/h12,20H,6-9,15H2,1-5H3. The van der Waals surface area contributed by atoms with E-state index in [1.165, 1.54) is 0 Å². The van der Waals surface area contributed by atoms with Crippen LogP contribution in [0.5, 0.6) is 0 Å². The molecule has 0 spiro atoms. The fraction of sp³-hybridized carbons (Fsp3) is 0.714. The van der Waals surface area contributed by atoms with Crippen LogP contribution in [-0.4, -0.2) is 70.4 Å². The minimum absolute atomic E-state index is 0.0272. The highest BCUT2D eigenvalue weighted by Crippen LogP contribution is 2.15. The largest absolute Gasteiger partial charge is 0.396 e. The predicted octanol–water partition coefficient (Wildman–Crippen LogP) is -0.147. The van der Waals surface area contributed by atoms with Crippen LogP contribution in [0, 0.1) is 13.8 Å². The molecule has 7 nitrogen and oxygen atoms in total. The van der Waals surface area contributed by atoms with Gasteiger partial charge in [0.15, 0.2) is 0 Å². The van der Waals surface area contributed by atoms with E-state index in [4.69, 9.17) is 5.73 Å². The van der Waals surface area contributed by atoms with Crippen LogP contribution in [0.4, 0.5) is 5.69 Å². The van der Waals surface area contributed by atoms with Crippen molar-refractivity contribution >= 4 is 11.6 Å². The summed E-state index contributed by atoms with van der Waals surface area (Å²) >= 11 is 0. The summed E-state index contributed by atoms with van der Waals surface area (Å²) in [5.74, 6) is 0.0272. The zero-order chi connectivity index (χ0) is 16.2. The van der Waals surface area contributed by atoms with E-state index in [2.05, 4.69) is 5.10 Å². The number of rotatable bonds is 7. The van der Waals surface area contributed by atoms with Gasteiger partial charge in [0.05, 0.1) is 36.3 Å². The first-order valence-electron chi connectivity index (χ1n) is 7.16. The van der Waals surface area contributed by atoms with Gasteiger partial charge in [-0.2, -0.15) is 5.10 Å². The molecule has 3 N–H and O–H groups in total. The number of hydrogen-bond donors (Lipinski definition) is 2. The molecule has 1 heterocycles. The summed E-state index contributed by atoms with van der Waals surface area (Å²) in [4.78, 5) is 15.2. The van der Waals surface area contributed by atoms with E-state index in [1.54, 1.807) is 23.7 Å². The average Bonchev–Trinajstić information content (AvgIpc) is 2.65. The fourth-order valence-electron chi connectivity index (χ4n) is 2.08. The van der Waals surface area contributed by atoms with Crippen LogP contribution < -0.4 is 5.73 Å². The Hall–Kier alpha value is -1.60. The summed E-state index contributed by atoms with van der Waals surface area (Å²) in [6.07, 6.45) is -0.600. The summed E-state index contributed by atoms with van der Waals surface area (Å²) in [5.41, 5.74) is 8.18. The van der Waals surface area contributed by atoms with Gasteiger partial charge in [0.1, 0.15) is 0 Å². The van der Waals surface area contributed by atoms with Crippen molar-refractivity contribution in [2.24, 2.45) is 0 Å². The molecule has 1 atom stereocenters. The number of carbonyl (C=O) groups excluding carboxylic acids is 1. The maximum atomic E-state index is 11.7. The van der Waals surface area contributed by atoms with Crippen LogP contribution >= 0.6 is 0 Å². The number of aliphatic hydroxyl groups excluding tert-OH is 1. The lowest BCUT2D eigenvalue weighted by atomic mass is 10.3. The van der Waals surface area contributed by atoms with E-state index in [0.717, 1.165) is 11.4 Å². The van der Waals surface area contributed by atoms with Crippen molar-refractivity contribution in [3.63, 3.8) is 0 Å². The van der Waals surface area contributed by atoms with E-state index in [1.807, 2.05) is 25.7 Å². The number of nitrogen functional groups attached to an aromatic ring is 1. The fourth-order valence-corrected chi connectivity index (χ4v) is 2.08. The highest BCUT2D eigenvalue weighted by atomic mass is 16.3. The molecule has 0 aliphatic carbocycles. The monoisotopic (exact) mass is 297 g/mol. The van der Waals surface area contributed by atoms with E-state index in [-0.39, 0.29) is 5.91 Å². The molecule has 1 unspecified atom stereocenters. The summed E-state index contributed by atoms with van der Waals surface area (Å²) in [6, 6.07) is 0. The number of aliphatic hydroxyl groups is 1. The third kappa shape index (κ3) is 4.71. The Morgan fingerprint density at radius 3 is 2.48 bits per heavy atom. The molecule has 0 aromatic carbocycles. The third-order valence-electron chi connectivity index (χ3n) is 3.59. The quantitative estimate of drug-likeness (QED) is 0.731. The number of nitrogens with two attached hydrogens (primary N) is 1. The minimum Gasteiger partial charge on any atom is -0.396 e. The smallest absolute Gasteiger partial charge is 0.236 e. The number of carbonyl (C=O) groups is 1. The second-order valence-electron chi connectivity index (χ2n) is 5.54. The van der Waals surface area contributed by atoms with Crippen LogP contribution in [0.2, 0.25) is 0 Å². The number of likely N-dealkylation sites (N-methyl/N-ethyl adjacent to an activating group) is 2. The summed E-state index contributed by atoms with van der Waals surface area (Å²) < 4.78 is 1.72. The number of aryl methyl sites for hydroxylation is 1. The van der Waals surface area contributed by atoms with Gasteiger partial charge in [-0.1, -0.05) is 6.92 Å². The van der Waals surface area contributed by atoms with Gasteiger partial charge in [-0.25, -0.2) is 0 Å². The molecule has 0 aliphatic rings. The van der Waals surface area contributed by atoms with Crippen molar-refractivity contribution in [1.82, 2.24) is 19.6 Å². The van der Waals surface area contributed by atoms with E-state index >= 15 is 0 Å². The molecule has 1 rings (SSSR count). The maximum absolute atomic E-state index is 11.7. The first-order valence-corrected chi connectivity index (χ1v) is 7.16. The second kappa shape index (κ2) is 7.42. The molecular formula is C14H27N5O2. The molecule has 21 heavy (non-hydrogen) atoms. The Labute approximate surface area is 126 Å². The molecule has 0 aliphatic heterocycles. The summed E-state index contributed by atoms with van der Waals surface area (Å²) in [7, 11) is 3.45. The molecule has 0 radical (unpaired) electrons. The lowest BCUT2D eigenvalue weighted by Gasteiger charge is -2.24. The Kier molecular flexibility index (Phi) is 6.17. The van der Waals surface area contributed by atoms with Crippen LogP contribution in [-0.2, 0) is 11.3 Å². The third-order valence-corrected chi connectivity index (χ3v) is 3.59. The van der Waals surface area contributed by atoms with Gasteiger partial charge < -0.3 is 15.7 Å². The highest BCUT2D eigenvalue weighted by Gasteiger charge is 2.17. The first kappa shape index (κ1) is 17.5. The normalized spacial score (nSPS) is 12.7. The molecule has 0 fully saturated rings. The van der Waals surface area contributed by atoms with Gasteiger partial charge in [0.25, 0.3) is 0 Å². The number of amides is 1. The number of anilines is 1. The van der Waals surface area contributed by atoms with Crippen LogP contribution in [0.25, 0.3) is 0 Å². The molecule has 0 saturated heterocycles. The molecule has 1 aromatic heterocycles. The van der Waals surface area contributed by atoms with E-state index in [9.17, 15) is 9.90 Å². The van der Waals surface area contributed by atoms with Gasteiger partial charge in [0.2, 0.25) is 5.91 Å². The molecule has 0 saturated carbocycles. The maximum Gasteiger partial charge on any atom is 0.236 e. The first-order chi connectivity index (χ1) is 9.76. The van der Waals surface area contributed by atoms with Gasteiger partial charge in [0, 0.05) is 20.6 Å². The molecule has 1 aromatic rings. The van der Waals surface area contributed by atoms with Crippen molar-refractivity contribution in [2.45, 2.75) is 33.4 Å². The molecule has 7 heteroatoms. The molecule has 1 amide bonds. The van der Waals surface area contributed by atoms with Gasteiger partial charge in [-0.15, -0.1) is 0 Å². The van der Waals surface area contributed by atoms with Crippen molar-refractivity contribution in [3.8, 4) is 0 Å². The van der Waals surface area contributed by atoms with Crippen molar-refractivity contribution in [2.75, 3.05) is 39.5 Å². The SMILES string of the molecule is CCN(CC(=O)N(C)C)CC(O)Cn1nc(C)c(N)c1C. The number of hydrogen-bond acceptors (Lipinski definition) is 5. The van der Waals surface area contributed by atoms with Crippen LogP contribution in [0.15, 0.2) is 0 Å². The van der Waals surface area contributed by atoms with E-state index < -0.39 is 6.10 Å². The molecular weight excluding hydrogens is 270 g/mol. The lowest BCUT2D eigenvalue weighted by Crippen LogP contribution is -2.41. The Balaban J connectivity index is 2.60. The zero-order valence-corrected chi connectivity index (χ0v) is 13.6. The zero-order valence-electron chi connectivity index (χ0n) is 13.6. The Morgan fingerprint density at radius 2 is 2.05 bits per heavy atom. The van der Waals surface area contributed by atoms with Gasteiger partial charge in [-0.3, -0.25) is 14.4 Å². The Bertz CT molecular complexity index is 484. The molecule has 0 bridgehead atoms. The highest BCUT2D eigenvalue weighted by molar-refractivity contribution is 5.77. The second-order valence-corrected chi connectivity index (χ2v) is 5.54. The average molecular weight is 297 g/mol. The summed E-state index contributed by atoms with van der Waals surface area (Å²) in [6.45, 7) is 7.51.